The summed E-state index contributed by atoms with van der Waals surface area (Å²) in [5, 5.41) is 3.51. The number of hydrogen-bond donors (Lipinski definition) is 1. The molecule has 1 saturated carbocycles. The van der Waals surface area contributed by atoms with Gasteiger partial charge in [-0.25, -0.2) is 13.6 Å². The fourth-order valence-corrected chi connectivity index (χ4v) is 4.53. The van der Waals surface area contributed by atoms with E-state index in [1.165, 1.54) is 6.20 Å². The van der Waals surface area contributed by atoms with Crippen molar-refractivity contribution in [3.05, 3.63) is 45.2 Å². The van der Waals surface area contributed by atoms with E-state index in [0.29, 0.717) is 30.3 Å². The lowest BCUT2D eigenvalue weighted by Gasteiger charge is -2.18. The maximum Gasteiger partial charge on any atom is 0.343 e. The van der Waals surface area contributed by atoms with E-state index < -0.39 is 23.0 Å². The second-order valence-corrected chi connectivity index (χ2v) is 8.62. The van der Waals surface area contributed by atoms with Crippen molar-refractivity contribution in [1.29, 1.82) is 0 Å². The third kappa shape index (κ3) is 4.00. The van der Waals surface area contributed by atoms with Crippen LogP contribution in [0, 0.1) is 17.6 Å². The van der Waals surface area contributed by atoms with Crippen LogP contribution in [-0.2, 0) is 11.2 Å². The van der Waals surface area contributed by atoms with Gasteiger partial charge in [-0.15, -0.1) is 0 Å². The number of pyridine rings is 1. The highest BCUT2D eigenvalue weighted by molar-refractivity contribution is 5.94. The number of benzene rings is 1. The first kappa shape index (κ1) is 21.0. The van der Waals surface area contributed by atoms with E-state index in [9.17, 15) is 18.4 Å². The van der Waals surface area contributed by atoms with Gasteiger partial charge >= 0.3 is 5.97 Å². The van der Waals surface area contributed by atoms with Crippen molar-refractivity contribution in [3.63, 3.8) is 0 Å². The number of nitrogens with zero attached hydrogens (tertiary/aromatic N) is 1. The standard InChI is InChI=1S/C23H28F2N2O3/c1-3-30-23(29)18-12-27(15-7-8-15)21-16(6-4-5-14-9-13(2)11-26-14)20(25)19(24)10-17(21)22(18)28/h10,12-15,26H,3-9,11H2,1-2H3/t13-,14-/m1/s1. The molecule has 30 heavy (non-hydrogen) atoms. The van der Waals surface area contributed by atoms with Crippen LogP contribution >= 0.6 is 0 Å². The van der Waals surface area contributed by atoms with Crippen molar-refractivity contribution in [2.45, 2.75) is 64.5 Å². The zero-order chi connectivity index (χ0) is 21.4. The molecule has 0 amide bonds. The van der Waals surface area contributed by atoms with Crippen LogP contribution in [0.2, 0.25) is 0 Å². The molecule has 0 bridgehead atoms. The molecule has 1 aliphatic carbocycles. The zero-order valence-corrected chi connectivity index (χ0v) is 17.5. The summed E-state index contributed by atoms with van der Waals surface area (Å²) in [6.07, 6.45) is 6.22. The second kappa shape index (κ2) is 8.46. The van der Waals surface area contributed by atoms with Crippen molar-refractivity contribution in [1.82, 2.24) is 9.88 Å². The molecule has 2 heterocycles. The first-order valence-electron chi connectivity index (χ1n) is 10.9. The highest BCUT2D eigenvalue weighted by Gasteiger charge is 2.30. The van der Waals surface area contributed by atoms with E-state index in [2.05, 4.69) is 12.2 Å². The minimum absolute atomic E-state index is 0.0500. The molecule has 5 nitrogen and oxygen atoms in total. The largest absolute Gasteiger partial charge is 0.462 e. The summed E-state index contributed by atoms with van der Waals surface area (Å²) in [5.41, 5.74) is -0.0817. The number of aryl methyl sites for hydroxylation is 1. The molecule has 1 aliphatic heterocycles. The van der Waals surface area contributed by atoms with Crippen molar-refractivity contribution in [3.8, 4) is 0 Å². The summed E-state index contributed by atoms with van der Waals surface area (Å²) >= 11 is 0. The molecule has 0 radical (unpaired) electrons. The highest BCUT2D eigenvalue weighted by atomic mass is 19.2. The van der Waals surface area contributed by atoms with E-state index in [0.717, 1.165) is 38.3 Å². The maximum absolute atomic E-state index is 14.9. The molecule has 4 rings (SSSR count). The average molecular weight is 418 g/mol. The maximum atomic E-state index is 14.9. The fourth-order valence-electron chi connectivity index (χ4n) is 4.53. The number of fused-ring (bicyclic) bond motifs is 1. The molecule has 0 spiro atoms. The van der Waals surface area contributed by atoms with E-state index in [1.54, 1.807) is 11.5 Å². The minimum atomic E-state index is -1.05. The van der Waals surface area contributed by atoms with Crippen LogP contribution < -0.4 is 10.7 Å². The molecular weight excluding hydrogens is 390 g/mol. The van der Waals surface area contributed by atoms with Crippen LogP contribution in [0.1, 0.15) is 67.9 Å². The number of carbonyl (C=O) groups excluding carboxylic acids is 1. The molecular formula is C23H28F2N2O3. The van der Waals surface area contributed by atoms with Crippen LogP contribution in [0.5, 0.6) is 0 Å². The van der Waals surface area contributed by atoms with Crippen LogP contribution in [-0.4, -0.2) is 29.7 Å². The smallest absolute Gasteiger partial charge is 0.343 e. The Morgan fingerprint density at radius 2 is 2.10 bits per heavy atom. The van der Waals surface area contributed by atoms with E-state index in [-0.39, 0.29) is 29.2 Å². The van der Waals surface area contributed by atoms with Crippen LogP contribution in [0.25, 0.3) is 10.9 Å². The first-order valence-corrected chi connectivity index (χ1v) is 10.9. The summed E-state index contributed by atoms with van der Waals surface area (Å²) in [7, 11) is 0. The lowest BCUT2D eigenvalue weighted by Crippen LogP contribution is -2.23. The van der Waals surface area contributed by atoms with Crippen LogP contribution in [0.4, 0.5) is 8.78 Å². The molecule has 1 aromatic carbocycles. The van der Waals surface area contributed by atoms with Gasteiger partial charge in [0.15, 0.2) is 11.6 Å². The second-order valence-electron chi connectivity index (χ2n) is 8.62. The minimum Gasteiger partial charge on any atom is -0.462 e. The number of carbonyl (C=O) groups is 1. The quantitative estimate of drug-likeness (QED) is 0.688. The normalized spacial score (nSPS) is 21.3. The Labute approximate surface area is 174 Å². The van der Waals surface area contributed by atoms with Gasteiger partial charge in [-0.1, -0.05) is 6.92 Å². The van der Waals surface area contributed by atoms with Gasteiger partial charge in [0, 0.05) is 29.2 Å². The Bertz CT molecular complexity index is 1030. The van der Waals surface area contributed by atoms with Crippen LogP contribution in [0.15, 0.2) is 17.1 Å². The third-order valence-electron chi connectivity index (χ3n) is 6.16. The predicted molar refractivity (Wildman–Crippen MR) is 111 cm³/mol. The van der Waals surface area contributed by atoms with Gasteiger partial charge in [0.05, 0.1) is 12.1 Å². The van der Waals surface area contributed by atoms with Gasteiger partial charge in [0.25, 0.3) is 0 Å². The number of halogens is 2. The van der Waals surface area contributed by atoms with Gasteiger partial charge in [-0.05, 0) is 64.0 Å². The summed E-state index contributed by atoms with van der Waals surface area (Å²) in [6.45, 7) is 4.98. The number of aromatic nitrogens is 1. The number of hydrogen-bond acceptors (Lipinski definition) is 4. The summed E-state index contributed by atoms with van der Waals surface area (Å²) < 4.78 is 36.1. The molecule has 1 aromatic heterocycles. The van der Waals surface area contributed by atoms with Gasteiger partial charge in [-0.2, -0.15) is 0 Å². The monoisotopic (exact) mass is 418 g/mol. The average Bonchev–Trinajstić information content (AvgIpc) is 3.47. The molecule has 2 aromatic rings. The SMILES string of the molecule is CCOC(=O)c1cn(C2CC2)c2c(CCC[C@@H]3C[C@@H](C)CN3)c(F)c(F)cc2c1=O. The number of rotatable bonds is 7. The van der Waals surface area contributed by atoms with Crippen molar-refractivity contribution in [2.24, 2.45) is 5.92 Å². The van der Waals surface area contributed by atoms with Crippen LogP contribution in [0.3, 0.4) is 0 Å². The Kier molecular flexibility index (Phi) is 5.91. The molecule has 1 saturated heterocycles. The topological polar surface area (TPSA) is 60.3 Å². The Hall–Kier alpha value is -2.28. The zero-order valence-electron chi connectivity index (χ0n) is 17.5. The molecule has 0 unspecified atom stereocenters. The Morgan fingerprint density at radius 1 is 1.33 bits per heavy atom. The summed E-state index contributed by atoms with van der Waals surface area (Å²) in [4.78, 5) is 25.2. The highest BCUT2D eigenvalue weighted by Crippen LogP contribution is 2.39. The van der Waals surface area contributed by atoms with Gasteiger partial charge in [0.1, 0.15) is 5.56 Å². The van der Waals surface area contributed by atoms with Gasteiger partial charge in [-0.3, -0.25) is 4.79 Å². The van der Waals surface area contributed by atoms with Gasteiger partial charge in [0.2, 0.25) is 5.43 Å². The Morgan fingerprint density at radius 3 is 2.73 bits per heavy atom. The van der Waals surface area contributed by atoms with Crippen molar-refractivity contribution in [2.75, 3.05) is 13.2 Å². The molecule has 7 heteroatoms. The molecule has 2 fully saturated rings. The van der Waals surface area contributed by atoms with E-state index in [1.807, 2.05) is 0 Å². The lowest BCUT2D eigenvalue weighted by atomic mass is 9.98. The molecule has 1 N–H and O–H groups in total. The number of esters is 1. The summed E-state index contributed by atoms with van der Waals surface area (Å²) in [6, 6.07) is 1.41. The van der Waals surface area contributed by atoms with E-state index in [4.69, 9.17) is 4.74 Å². The number of ether oxygens (including phenoxy) is 1. The third-order valence-corrected chi connectivity index (χ3v) is 6.16. The molecule has 2 atom stereocenters. The molecule has 2 aliphatic rings. The number of nitrogens with one attached hydrogen (secondary N) is 1. The summed E-state index contributed by atoms with van der Waals surface area (Å²) in [5.74, 6) is -2.05. The van der Waals surface area contributed by atoms with Crippen molar-refractivity contribution < 1.29 is 18.3 Å². The van der Waals surface area contributed by atoms with Crippen molar-refractivity contribution >= 4 is 16.9 Å². The van der Waals surface area contributed by atoms with E-state index >= 15 is 0 Å². The predicted octanol–water partition coefficient (Wildman–Crippen LogP) is 4.11. The molecule has 162 valence electrons. The first-order chi connectivity index (χ1) is 14.4. The lowest BCUT2D eigenvalue weighted by molar-refractivity contribution is 0.0524. The fraction of sp³-hybridized carbons (Fsp3) is 0.565. The Balaban J connectivity index is 1.75. The van der Waals surface area contributed by atoms with Gasteiger partial charge < -0.3 is 14.6 Å².